The minimum atomic E-state index is -0.645. The minimum Gasteiger partial charge on any atom is -0.465 e. The number of aryl methyl sites for hydroxylation is 2. The number of allylic oxidation sites excluding steroid dienone is 2. The third-order valence-electron chi connectivity index (χ3n) is 5.43. The molecular formula is C27H24N2O4S. The molecule has 0 spiro atoms. The van der Waals surface area contributed by atoms with E-state index in [4.69, 9.17) is 14.5 Å². The van der Waals surface area contributed by atoms with Crippen LogP contribution in [-0.2, 0) is 19.1 Å². The van der Waals surface area contributed by atoms with Crippen LogP contribution in [0.5, 0.6) is 0 Å². The molecule has 0 aliphatic carbocycles. The first-order chi connectivity index (χ1) is 16.4. The van der Waals surface area contributed by atoms with E-state index in [1.165, 1.54) is 31.4 Å². The molecule has 0 saturated carbocycles. The van der Waals surface area contributed by atoms with Crippen molar-refractivity contribution in [3.05, 3.63) is 94.7 Å². The van der Waals surface area contributed by atoms with Gasteiger partial charge in [-0.3, -0.25) is 0 Å². The Labute approximate surface area is 202 Å². The van der Waals surface area contributed by atoms with Crippen LogP contribution in [0.25, 0.3) is 21.8 Å². The highest BCUT2D eigenvalue weighted by molar-refractivity contribution is 7.13. The quantitative estimate of drug-likeness (QED) is 0.451. The molecule has 0 saturated heterocycles. The third kappa shape index (κ3) is 4.56. The fourth-order valence-corrected chi connectivity index (χ4v) is 4.51. The SMILES string of the molecule is COC(=O)C1=C(C(=O)OC)N(c2cccc(-c3nc(-c4cc(C)ccc4C)cs3)c2)C=CC=C1. The Kier molecular flexibility index (Phi) is 6.75. The number of nitrogens with zero attached hydrogens (tertiary/aromatic N) is 2. The second-order valence-corrected chi connectivity index (χ2v) is 8.58. The molecule has 0 unspecified atom stereocenters. The number of methoxy groups -OCH3 is 2. The van der Waals surface area contributed by atoms with Gasteiger partial charge in [-0.25, -0.2) is 14.6 Å². The summed E-state index contributed by atoms with van der Waals surface area (Å²) in [5.74, 6) is -1.27. The summed E-state index contributed by atoms with van der Waals surface area (Å²) >= 11 is 1.55. The van der Waals surface area contributed by atoms with Crippen LogP contribution in [-0.4, -0.2) is 31.1 Å². The van der Waals surface area contributed by atoms with Gasteiger partial charge in [0.25, 0.3) is 0 Å². The number of esters is 2. The standard InChI is InChI=1S/C27H24N2O4S/c1-17-11-12-18(2)22(14-17)23-16-34-25(28-23)19-8-7-9-20(15-19)29-13-6-5-10-21(26(30)32-3)24(29)27(31)33-4/h5-16H,1-4H3. The molecule has 6 nitrogen and oxygen atoms in total. The molecule has 3 aromatic rings. The van der Waals surface area contributed by atoms with E-state index in [2.05, 4.69) is 37.4 Å². The largest absolute Gasteiger partial charge is 0.465 e. The molecule has 4 rings (SSSR count). The van der Waals surface area contributed by atoms with Crippen molar-refractivity contribution in [1.82, 2.24) is 4.98 Å². The van der Waals surface area contributed by atoms with Crippen LogP contribution in [0.1, 0.15) is 11.1 Å². The summed E-state index contributed by atoms with van der Waals surface area (Å²) in [4.78, 5) is 31.6. The number of rotatable bonds is 5. The molecule has 0 amide bonds. The zero-order valence-corrected chi connectivity index (χ0v) is 20.2. The van der Waals surface area contributed by atoms with Crippen molar-refractivity contribution in [2.45, 2.75) is 13.8 Å². The lowest BCUT2D eigenvalue weighted by molar-refractivity contribution is -0.139. The van der Waals surface area contributed by atoms with Crippen molar-refractivity contribution in [3.8, 4) is 21.8 Å². The summed E-state index contributed by atoms with van der Waals surface area (Å²) in [6.07, 6.45) is 6.67. The molecule has 2 heterocycles. The Hall–Kier alpha value is -3.97. The Morgan fingerprint density at radius 3 is 2.53 bits per heavy atom. The van der Waals surface area contributed by atoms with Crippen molar-refractivity contribution in [1.29, 1.82) is 0 Å². The number of hydrogen-bond acceptors (Lipinski definition) is 7. The van der Waals surface area contributed by atoms with Gasteiger partial charge < -0.3 is 14.4 Å². The zero-order chi connectivity index (χ0) is 24.2. The van der Waals surface area contributed by atoms with Gasteiger partial charge in [-0.2, -0.15) is 0 Å². The molecule has 1 aliphatic heterocycles. The normalized spacial score (nSPS) is 13.1. The lowest BCUT2D eigenvalue weighted by atomic mass is 10.0. The van der Waals surface area contributed by atoms with Gasteiger partial charge in [0.05, 0.1) is 25.5 Å². The highest BCUT2D eigenvalue weighted by Crippen LogP contribution is 2.34. The number of hydrogen-bond donors (Lipinski definition) is 0. The Balaban J connectivity index is 1.76. The van der Waals surface area contributed by atoms with Gasteiger partial charge in [0.1, 0.15) is 10.7 Å². The summed E-state index contributed by atoms with van der Waals surface area (Å²) in [7, 11) is 2.55. The van der Waals surface area contributed by atoms with Crippen LogP contribution in [0.15, 0.2) is 83.5 Å². The maximum absolute atomic E-state index is 12.7. The molecule has 7 heteroatoms. The van der Waals surface area contributed by atoms with Gasteiger partial charge in [-0.1, -0.05) is 35.9 Å². The summed E-state index contributed by atoms with van der Waals surface area (Å²) in [5.41, 5.74) is 6.15. The number of carbonyl (C=O) groups is 2. The summed E-state index contributed by atoms with van der Waals surface area (Å²) in [6.45, 7) is 4.14. The van der Waals surface area contributed by atoms with Crippen molar-refractivity contribution < 1.29 is 19.1 Å². The van der Waals surface area contributed by atoms with E-state index in [1.54, 1.807) is 34.6 Å². The summed E-state index contributed by atoms with van der Waals surface area (Å²) in [6, 6.07) is 14.0. The van der Waals surface area contributed by atoms with Crippen molar-refractivity contribution in [3.63, 3.8) is 0 Å². The highest BCUT2D eigenvalue weighted by Gasteiger charge is 2.27. The van der Waals surface area contributed by atoms with Crippen LogP contribution in [0.3, 0.4) is 0 Å². The van der Waals surface area contributed by atoms with E-state index in [-0.39, 0.29) is 11.3 Å². The van der Waals surface area contributed by atoms with E-state index < -0.39 is 11.9 Å². The number of aromatic nitrogens is 1. The number of ether oxygens (including phenoxy) is 2. The minimum absolute atomic E-state index is 0.0757. The molecule has 172 valence electrons. The number of thiazole rings is 1. The predicted octanol–water partition coefficient (Wildman–Crippen LogP) is 5.58. The fraction of sp³-hybridized carbons (Fsp3) is 0.148. The fourth-order valence-electron chi connectivity index (χ4n) is 3.70. The van der Waals surface area contributed by atoms with E-state index in [1.807, 2.05) is 24.3 Å². The number of anilines is 1. The number of carbonyl (C=O) groups excluding carboxylic acids is 2. The van der Waals surface area contributed by atoms with Gasteiger partial charge in [-0.15, -0.1) is 11.3 Å². The van der Waals surface area contributed by atoms with Crippen LogP contribution < -0.4 is 4.90 Å². The summed E-state index contributed by atoms with van der Waals surface area (Å²) in [5, 5.41) is 2.90. The molecule has 0 bridgehead atoms. The first kappa shape index (κ1) is 23.2. The smallest absolute Gasteiger partial charge is 0.355 e. The molecule has 0 atom stereocenters. The zero-order valence-electron chi connectivity index (χ0n) is 19.4. The van der Waals surface area contributed by atoms with Gasteiger partial charge in [-0.05, 0) is 49.8 Å². The predicted molar refractivity (Wildman–Crippen MR) is 134 cm³/mol. The average Bonchev–Trinajstić information content (AvgIpc) is 3.24. The van der Waals surface area contributed by atoms with E-state index in [0.717, 1.165) is 21.8 Å². The Morgan fingerprint density at radius 2 is 1.76 bits per heavy atom. The first-order valence-corrected chi connectivity index (χ1v) is 11.5. The van der Waals surface area contributed by atoms with Crippen molar-refractivity contribution >= 4 is 29.0 Å². The lowest BCUT2D eigenvalue weighted by Crippen LogP contribution is -2.26. The molecular weight excluding hydrogens is 448 g/mol. The Morgan fingerprint density at radius 1 is 0.971 bits per heavy atom. The van der Waals surface area contributed by atoms with Crippen LogP contribution in [0.2, 0.25) is 0 Å². The Bertz CT molecular complexity index is 1350. The highest BCUT2D eigenvalue weighted by atomic mass is 32.1. The van der Waals surface area contributed by atoms with Crippen molar-refractivity contribution in [2.75, 3.05) is 19.1 Å². The van der Waals surface area contributed by atoms with E-state index in [9.17, 15) is 9.59 Å². The van der Waals surface area contributed by atoms with Crippen molar-refractivity contribution in [2.24, 2.45) is 0 Å². The molecule has 0 fully saturated rings. The molecule has 0 radical (unpaired) electrons. The molecule has 34 heavy (non-hydrogen) atoms. The van der Waals surface area contributed by atoms with Crippen LogP contribution >= 0.6 is 11.3 Å². The van der Waals surface area contributed by atoms with E-state index in [0.29, 0.717) is 5.69 Å². The molecule has 2 aromatic carbocycles. The maximum atomic E-state index is 12.7. The monoisotopic (exact) mass is 472 g/mol. The van der Waals surface area contributed by atoms with Gasteiger partial charge in [0.15, 0.2) is 0 Å². The van der Waals surface area contributed by atoms with Gasteiger partial charge in [0, 0.05) is 28.4 Å². The topological polar surface area (TPSA) is 68.7 Å². The van der Waals surface area contributed by atoms with Gasteiger partial charge in [0.2, 0.25) is 0 Å². The summed E-state index contributed by atoms with van der Waals surface area (Å²) < 4.78 is 9.88. The molecule has 0 N–H and O–H groups in total. The van der Waals surface area contributed by atoms with Gasteiger partial charge >= 0.3 is 11.9 Å². The van der Waals surface area contributed by atoms with E-state index >= 15 is 0 Å². The average molecular weight is 473 g/mol. The number of benzene rings is 2. The molecule has 1 aliphatic rings. The van der Waals surface area contributed by atoms with Crippen LogP contribution in [0, 0.1) is 13.8 Å². The lowest BCUT2D eigenvalue weighted by Gasteiger charge is -2.23. The second kappa shape index (κ2) is 9.89. The van der Waals surface area contributed by atoms with Crippen LogP contribution in [0.4, 0.5) is 5.69 Å². The molecule has 1 aromatic heterocycles. The third-order valence-corrected chi connectivity index (χ3v) is 6.33. The maximum Gasteiger partial charge on any atom is 0.355 e. The first-order valence-electron chi connectivity index (χ1n) is 10.6. The second-order valence-electron chi connectivity index (χ2n) is 7.72.